The molecule has 23 heavy (non-hydrogen) atoms. The van der Waals surface area contributed by atoms with E-state index in [-0.39, 0.29) is 5.91 Å². The van der Waals surface area contributed by atoms with Gasteiger partial charge in [-0.15, -0.1) is 11.3 Å². The van der Waals surface area contributed by atoms with Crippen molar-refractivity contribution < 1.29 is 14.4 Å². The third-order valence-corrected chi connectivity index (χ3v) is 5.20. The van der Waals surface area contributed by atoms with Crippen LogP contribution < -0.4 is 15.0 Å². The van der Waals surface area contributed by atoms with Crippen LogP contribution in [0.25, 0.3) is 0 Å². The molecule has 0 bridgehead atoms. The number of anilines is 1. The molecule has 0 spiro atoms. The number of thiophene rings is 1. The van der Waals surface area contributed by atoms with Gasteiger partial charge in [-0.3, -0.25) is 4.79 Å². The fraction of sp³-hybridized carbons (Fsp3) is 0.389. The summed E-state index contributed by atoms with van der Waals surface area (Å²) in [6.45, 7) is 4.09. The second-order valence-corrected chi connectivity index (χ2v) is 6.75. The van der Waals surface area contributed by atoms with Crippen molar-refractivity contribution in [1.29, 1.82) is 0 Å². The van der Waals surface area contributed by atoms with Crippen LogP contribution in [0.3, 0.4) is 0 Å². The van der Waals surface area contributed by atoms with Crippen molar-refractivity contribution in [3.05, 3.63) is 46.7 Å². The highest BCUT2D eigenvalue weighted by Gasteiger charge is 2.32. The SMILES string of the molecule is CCOc1ccccc1NC(=O)C[NH+]1CCC[C@H]1c1cccs1. The molecule has 0 saturated carbocycles. The zero-order chi connectivity index (χ0) is 16.1. The highest BCUT2D eigenvalue weighted by Crippen LogP contribution is 2.24. The van der Waals surface area contributed by atoms with Crippen LogP contribution in [-0.4, -0.2) is 25.6 Å². The van der Waals surface area contributed by atoms with Gasteiger partial charge < -0.3 is 15.0 Å². The van der Waals surface area contributed by atoms with Crippen molar-refractivity contribution in [2.45, 2.75) is 25.8 Å². The molecule has 1 fully saturated rings. The summed E-state index contributed by atoms with van der Waals surface area (Å²) >= 11 is 1.79. The van der Waals surface area contributed by atoms with E-state index in [1.807, 2.05) is 31.2 Å². The number of rotatable bonds is 6. The van der Waals surface area contributed by atoms with Crippen LogP contribution >= 0.6 is 11.3 Å². The van der Waals surface area contributed by atoms with E-state index in [1.165, 1.54) is 22.6 Å². The molecule has 2 heterocycles. The Labute approximate surface area is 141 Å². The van der Waals surface area contributed by atoms with Crippen molar-refractivity contribution in [1.82, 2.24) is 0 Å². The number of carbonyl (C=O) groups is 1. The predicted octanol–water partition coefficient (Wildman–Crippen LogP) is 2.51. The van der Waals surface area contributed by atoms with Crippen LogP contribution in [0, 0.1) is 0 Å². The molecule has 5 heteroatoms. The number of likely N-dealkylation sites (tertiary alicyclic amines) is 1. The maximum absolute atomic E-state index is 12.5. The lowest BCUT2D eigenvalue weighted by Gasteiger charge is -2.20. The summed E-state index contributed by atoms with van der Waals surface area (Å²) in [4.78, 5) is 15.2. The minimum atomic E-state index is 0.0515. The van der Waals surface area contributed by atoms with Gasteiger partial charge in [0.15, 0.2) is 6.54 Å². The summed E-state index contributed by atoms with van der Waals surface area (Å²) in [7, 11) is 0. The Balaban J connectivity index is 1.63. The van der Waals surface area contributed by atoms with Gasteiger partial charge in [-0.2, -0.15) is 0 Å². The topological polar surface area (TPSA) is 42.8 Å². The van der Waals surface area contributed by atoms with Gasteiger partial charge in [0.2, 0.25) is 0 Å². The number of carbonyl (C=O) groups excluding carboxylic acids is 1. The van der Waals surface area contributed by atoms with Crippen molar-refractivity contribution in [3.63, 3.8) is 0 Å². The van der Waals surface area contributed by atoms with Crippen molar-refractivity contribution >= 4 is 22.9 Å². The number of amides is 1. The Bertz CT molecular complexity index is 642. The van der Waals surface area contributed by atoms with Crippen LogP contribution in [0.1, 0.15) is 30.7 Å². The Morgan fingerprint density at radius 1 is 1.35 bits per heavy atom. The van der Waals surface area contributed by atoms with Crippen molar-refractivity contribution in [3.8, 4) is 5.75 Å². The second-order valence-electron chi connectivity index (χ2n) is 5.77. The summed E-state index contributed by atoms with van der Waals surface area (Å²) in [6, 6.07) is 12.3. The normalized spacial score (nSPS) is 20.4. The van der Waals surface area contributed by atoms with E-state index >= 15 is 0 Å². The van der Waals surface area contributed by atoms with E-state index in [4.69, 9.17) is 4.74 Å². The molecule has 4 nitrogen and oxygen atoms in total. The number of nitrogens with one attached hydrogen (secondary N) is 2. The molecule has 122 valence electrons. The molecule has 1 aromatic heterocycles. The lowest BCUT2D eigenvalue weighted by molar-refractivity contribution is -0.910. The smallest absolute Gasteiger partial charge is 0.279 e. The summed E-state index contributed by atoms with van der Waals surface area (Å²) in [5, 5.41) is 5.12. The number of hydrogen-bond acceptors (Lipinski definition) is 3. The minimum absolute atomic E-state index is 0.0515. The molecule has 1 aliphatic heterocycles. The Morgan fingerprint density at radius 3 is 3.00 bits per heavy atom. The maximum atomic E-state index is 12.5. The molecule has 1 saturated heterocycles. The highest BCUT2D eigenvalue weighted by atomic mass is 32.1. The predicted molar refractivity (Wildman–Crippen MR) is 93.2 cm³/mol. The first kappa shape index (κ1) is 16.0. The maximum Gasteiger partial charge on any atom is 0.279 e. The molecule has 1 aliphatic rings. The monoisotopic (exact) mass is 331 g/mol. The summed E-state index contributed by atoms with van der Waals surface area (Å²) in [5.74, 6) is 0.783. The highest BCUT2D eigenvalue weighted by molar-refractivity contribution is 7.10. The first-order valence-corrected chi connectivity index (χ1v) is 9.05. The number of para-hydroxylation sites is 2. The van der Waals surface area contributed by atoms with Crippen LogP contribution in [0.5, 0.6) is 5.75 Å². The molecular weight excluding hydrogens is 308 g/mol. The largest absolute Gasteiger partial charge is 0.492 e. The molecule has 3 rings (SSSR count). The number of quaternary nitrogens is 1. The minimum Gasteiger partial charge on any atom is -0.492 e. The zero-order valence-corrected chi connectivity index (χ0v) is 14.2. The molecular formula is C18H23N2O2S+. The third-order valence-electron chi connectivity index (χ3n) is 4.22. The molecule has 2 atom stereocenters. The van der Waals surface area contributed by atoms with Crippen LogP contribution in [0.15, 0.2) is 41.8 Å². The standard InChI is InChI=1S/C18H22N2O2S/c1-2-22-16-9-4-3-7-14(16)19-18(21)13-20-11-5-8-15(20)17-10-6-12-23-17/h3-4,6-7,9-10,12,15H,2,5,8,11,13H2,1H3,(H,19,21)/p+1/t15-/m0/s1. The van der Waals surface area contributed by atoms with Crippen LogP contribution in [0.2, 0.25) is 0 Å². The van der Waals surface area contributed by atoms with Crippen molar-refractivity contribution in [2.75, 3.05) is 25.0 Å². The Morgan fingerprint density at radius 2 is 2.22 bits per heavy atom. The van der Waals surface area contributed by atoms with E-state index in [2.05, 4.69) is 22.8 Å². The van der Waals surface area contributed by atoms with Gasteiger partial charge in [0.1, 0.15) is 11.8 Å². The van der Waals surface area contributed by atoms with E-state index in [9.17, 15) is 4.79 Å². The third kappa shape index (κ3) is 3.92. The van der Waals surface area contributed by atoms with E-state index in [0.717, 1.165) is 18.0 Å². The Kier molecular flexibility index (Phi) is 5.31. The van der Waals surface area contributed by atoms with Gasteiger partial charge in [-0.1, -0.05) is 18.2 Å². The van der Waals surface area contributed by atoms with E-state index in [1.54, 1.807) is 11.3 Å². The number of ether oxygens (including phenoxy) is 1. The molecule has 0 aliphatic carbocycles. The fourth-order valence-corrected chi connectivity index (χ4v) is 4.13. The van der Waals surface area contributed by atoms with Crippen LogP contribution in [-0.2, 0) is 4.79 Å². The van der Waals surface area contributed by atoms with E-state index in [0.29, 0.717) is 19.2 Å². The molecule has 2 N–H and O–H groups in total. The first-order valence-electron chi connectivity index (χ1n) is 8.17. The van der Waals surface area contributed by atoms with Gasteiger partial charge in [0, 0.05) is 12.8 Å². The summed E-state index contributed by atoms with van der Waals surface area (Å²) in [5.41, 5.74) is 0.755. The zero-order valence-electron chi connectivity index (χ0n) is 13.4. The molecule has 1 unspecified atom stereocenters. The van der Waals surface area contributed by atoms with Gasteiger partial charge in [0.25, 0.3) is 5.91 Å². The summed E-state index contributed by atoms with van der Waals surface area (Å²) < 4.78 is 5.57. The van der Waals surface area contributed by atoms with Gasteiger partial charge in [-0.05, 0) is 30.5 Å². The molecule has 1 aromatic carbocycles. The second kappa shape index (κ2) is 7.62. The van der Waals surface area contributed by atoms with E-state index < -0.39 is 0 Å². The quantitative estimate of drug-likeness (QED) is 0.854. The number of benzene rings is 1. The van der Waals surface area contributed by atoms with Gasteiger partial charge in [-0.25, -0.2) is 0 Å². The lowest BCUT2D eigenvalue weighted by atomic mass is 10.2. The average molecular weight is 331 g/mol. The molecule has 1 amide bonds. The number of hydrogen-bond donors (Lipinski definition) is 2. The first-order chi connectivity index (χ1) is 11.3. The molecule has 2 aromatic rings. The van der Waals surface area contributed by atoms with Crippen molar-refractivity contribution in [2.24, 2.45) is 0 Å². The lowest BCUT2D eigenvalue weighted by Crippen LogP contribution is -3.11. The van der Waals surface area contributed by atoms with Gasteiger partial charge >= 0.3 is 0 Å². The Hall–Kier alpha value is -1.85. The van der Waals surface area contributed by atoms with Crippen LogP contribution in [0.4, 0.5) is 5.69 Å². The summed E-state index contributed by atoms with van der Waals surface area (Å²) in [6.07, 6.45) is 2.35. The van der Waals surface area contributed by atoms with Gasteiger partial charge in [0.05, 0.1) is 23.7 Å². The average Bonchev–Trinajstić information content (AvgIpc) is 3.20. The fourth-order valence-electron chi connectivity index (χ4n) is 3.21. The molecule has 0 radical (unpaired) electrons.